The SMILES string of the molecule is COc1ccccc1-c1cc(C(=O)NC2CCN(CC3CC3)CC2)[nH]n1. The van der Waals surface area contributed by atoms with Gasteiger partial charge in [0.15, 0.2) is 0 Å². The van der Waals surface area contributed by atoms with Crippen molar-refractivity contribution in [3.05, 3.63) is 36.0 Å². The van der Waals surface area contributed by atoms with Crippen LogP contribution in [0.15, 0.2) is 30.3 Å². The van der Waals surface area contributed by atoms with Crippen LogP contribution < -0.4 is 10.1 Å². The molecule has 2 heterocycles. The van der Waals surface area contributed by atoms with Gasteiger partial charge in [-0.1, -0.05) is 12.1 Å². The van der Waals surface area contributed by atoms with E-state index < -0.39 is 0 Å². The molecular formula is C20H26N4O2. The van der Waals surface area contributed by atoms with Crippen LogP contribution in [-0.4, -0.2) is 53.8 Å². The second-order valence-electron chi connectivity index (χ2n) is 7.36. The Hall–Kier alpha value is -2.34. The van der Waals surface area contributed by atoms with Crippen LogP contribution in [0.25, 0.3) is 11.3 Å². The standard InChI is InChI=1S/C20H26N4O2/c1-26-19-5-3-2-4-16(19)17-12-18(23-22-17)20(25)21-15-8-10-24(11-9-15)13-14-6-7-14/h2-5,12,14-15H,6-11,13H2,1H3,(H,21,25)(H,22,23). The molecule has 1 aliphatic carbocycles. The summed E-state index contributed by atoms with van der Waals surface area (Å²) in [5, 5.41) is 10.3. The van der Waals surface area contributed by atoms with E-state index in [4.69, 9.17) is 4.74 Å². The number of nitrogens with one attached hydrogen (secondary N) is 2. The maximum Gasteiger partial charge on any atom is 0.269 e. The quantitative estimate of drug-likeness (QED) is 0.837. The highest BCUT2D eigenvalue weighted by Crippen LogP contribution is 2.31. The number of aromatic nitrogens is 2. The highest BCUT2D eigenvalue weighted by molar-refractivity contribution is 5.93. The number of aromatic amines is 1. The molecule has 0 radical (unpaired) electrons. The van der Waals surface area contributed by atoms with Crippen molar-refractivity contribution in [2.24, 2.45) is 5.92 Å². The number of nitrogens with zero attached hydrogens (tertiary/aromatic N) is 2. The molecule has 2 fully saturated rings. The van der Waals surface area contributed by atoms with E-state index in [2.05, 4.69) is 20.4 Å². The molecule has 1 aromatic carbocycles. The van der Waals surface area contributed by atoms with Crippen molar-refractivity contribution in [2.75, 3.05) is 26.7 Å². The minimum Gasteiger partial charge on any atom is -0.496 e. The Morgan fingerprint density at radius 3 is 2.77 bits per heavy atom. The number of carbonyl (C=O) groups excluding carboxylic acids is 1. The highest BCUT2D eigenvalue weighted by atomic mass is 16.5. The molecule has 1 saturated heterocycles. The lowest BCUT2D eigenvalue weighted by molar-refractivity contribution is 0.0904. The molecule has 0 spiro atoms. The van der Waals surface area contributed by atoms with E-state index >= 15 is 0 Å². The van der Waals surface area contributed by atoms with Gasteiger partial charge >= 0.3 is 0 Å². The van der Waals surface area contributed by atoms with Crippen molar-refractivity contribution in [3.8, 4) is 17.0 Å². The van der Waals surface area contributed by atoms with Gasteiger partial charge in [0, 0.05) is 31.2 Å². The smallest absolute Gasteiger partial charge is 0.269 e. The van der Waals surface area contributed by atoms with Gasteiger partial charge in [-0.15, -0.1) is 0 Å². The Labute approximate surface area is 153 Å². The van der Waals surface area contributed by atoms with Crippen LogP contribution in [0.2, 0.25) is 0 Å². The fourth-order valence-corrected chi connectivity index (χ4v) is 3.62. The van der Waals surface area contributed by atoms with Gasteiger partial charge in [-0.2, -0.15) is 5.10 Å². The Morgan fingerprint density at radius 2 is 2.04 bits per heavy atom. The number of amides is 1. The molecule has 4 rings (SSSR count). The average molecular weight is 354 g/mol. The highest BCUT2D eigenvalue weighted by Gasteiger charge is 2.27. The third-order valence-corrected chi connectivity index (χ3v) is 5.34. The third kappa shape index (κ3) is 3.90. The fourth-order valence-electron chi connectivity index (χ4n) is 3.62. The summed E-state index contributed by atoms with van der Waals surface area (Å²) in [4.78, 5) is 15.1. The van der Waals surface area contributed by atoms with E-state index in [1.54, 1.807) is 13.2 Å². The largest absolute Gasteiger partial charge is 0.496 e. The summed E-state index contributed by atoms with van der Waals surface area (Å²) in [6.45, 7) is 3.40. The number of hydrogen-bond acceptors (Lipinski definition) is 4. The van der Waals surface area contributed by atoms with Crippen molar-refractivity contribution in [1.29, 1.82) is 0 Å². The van der Waals surface area contributed by atoms with Gasteiger partial charge in [-0.3, -0.25) is 9.89 Å². The number of likely N-dealkylation sites (tertiary alicyclic amines) is 1. The number of hydrogen-bond donors (Lipinski definition) is 2. The van der Waals surface area contributed by atoms with Crippen molar-refractivity contribution >= 4 is 5.91 Å². The predicted molar refractivity (Wildman–Crippen MR) is 100 cm³/mol. The lowest BCUT2D eigenvalue weighted by Crippen LogP contribution is -2.45. The molecule has 1 aromatic heterocycles. The zero-order valence-corrected chi connectivity index (χ0v) is 15.2. The number of piperidine rings is 1. The fraction of sp³-hybridized carbons (Fsp3) is 0.500. The Kier molecular flexibility index (Phi) is 4.93. The number of H-pyrrole nitrogens is 1. The number of benzene rings is 1. The van der Waals surface area contributed by atoms with Gasteiger partial charge in [0.05, 0.1) is 12.8 Å². The molecule has 1 saturated carbocycles. The summed E-state index contributed by atoms with van der Waals surface area (Å²) in [6, 6.07) is 9.71. The normalized spacial score (nSPS) is 18.7. The van der Waals surface area contributed by atoms with E-state index in [0.29, 0.717) is 11.4 Å². The van der Waals surface area contributed by atoms with Gasteiger partial charge < -0.3 is 15.0 Å². The van der Waals surface area contributed by atoms with Crippen LogP contribution in [0.4, 0.5) is 0 Å². The topological polar surface area (TPSA) is 70.2 Å². The average Bonchev–Trinajstić information content (AvgIpc) is 3.35. The van der Waals surface area contributed by atoms with Gasteiger partial charge in [0.1, 0.15) is 11.4 Å². The lowest BCUT2D eigenvalue weighted by Gasteiger charge is -2.32. The van der Waals surface area contributed by atoms with Crippen molar-refractivity contribution < 1.29 is 9.53 Å². The van der Waals surface area contributed by atoms with E-state index in [1.165, 1.54) is 19.4 Å². The summed E-state index contributed by atoms with van der Waals surface area (Å²) in [6.07, 6.45) is 4.83. The monoisotopic (exact) mass is 354 g/mol. The first-order chi connectivity index (χ1) is 12.7. The minimum absolute atomic E-state index is 0.0840. The molecule has 1 amide bonds. The molecule has 0 bridgehead atoms. The van der Waals surface area contributed by atoms with Crippen molar-refractivity contribution in [1.82, 2.24) is 20.4 Å². The minimum atomic E-state index is -0.0840. The zero-order valence-electron chi connectivity index (χ0n) is 15.2. The van der Waals surface area contributed by atoms with Crippen LogP contribution in [0.3, 0.4) is 0 Å². The third-order valence-electron chi connectivity index (χ3n) is 5.34. The van der Waals surface area contributed by atoms with E-state index in [9.17, 15) is 4.79 Å². The molecule has 1 aliphatic heterocycles. The van der Waals surface area contributed by atoms with E-state index in [-0.39, 0.29) is 11.9 Å². The number of methoxy groups -OCH3 is 1. The summed E-state index contributed by atoms with van der Waals surface area (Å²) >= 11 is 0. The van der Waals surface area contributed by atoms with E-state index in [0.717, 1.165) is 43.2 Å². The van der Waals surface area contributed by atoms with Crippen LogP contribution in [0.5, 0.6) is 5.75 Å². The summed E-state index contributed by atoms with van der Waals surface area (Å²) in [5.41, 5.74) is 2.08. The maximum absolute atomic E-state index is 12.6. The number of ether oxygens (including phenoxy) is 1. The molecule has 6 nitrogen and oxygen atoms in total. The number of rotatable bonds is 6. The summed E-state index contributed by atoms with van der Waals surface area (Å²) in [7, 11) is 1.63. The van der Waals surface area contributed by atoms with Gasteiger partial charge in [-0.25, -0.2) is 0 Å². The molecule has 2 aliphatic rings. The first kappa shape index (κ1) is 17.1. The molecule has 26 heavy (non-hydrogen) atoms. The number of carbonyl (C=O) groups is 1. The lowest BCUT2D eigenvalue weighted by atomic mass is 10.0. The second kappa shape index (κ2) is 7.50. The summed E-state index contributed by atoms with van der Waals surface area (Å²) < 4.78 is 5.37. The van der Waals surface area contributed by atoms with Crippen LogP contribution in [0.1, 0.15) is 36.2 Å². The Balaban J connectivity index is 1.35. The van der Waals surface area contributed by atoms with Gasteiger partial charge in [0.2, 0.25) is 0 Å². The van der Waals surface area contributed by atoms with Crippen LogP contribution in [-0.2, 0) is 0 Å². The van der Waals surface area contributed by atoms with Crippen LogP contribution >= 0.6 is 0 Å². The first-order valence-corrected chi connectivity index (χ1v) is 9.45. The molecule has 6 heteroatoms. The number of para-hydroxylation sites is 1. The van der Waals surface area contributed by atoms with Gasteiger partial charge in [0.25, 0.3) is 5.91 Å². The molecule has 0 atom stereocenters. The van der Waals surface area contributed by atoms with Crippen molar-refractivity contribution in [3.63, 3.8) is 0 Å². The molecule has 0 unspecified atom stereocenters. The molecule has 2 N–H and O–H groups in total. The molecule has 2 aromatic rings. The zero-order chi connectivity index (χ0) is 17.9. The Bertz CT molecular complexity index is 761. The second-order valence-corrected chi connectivity index (χ2v) is 7.36. The van der Waals surface area contributed by atoms with E-state index in [1.807, 2.05) is 24.3 Å². The molecular weight excluding hydrogens is 328 g/mol. The van der Waals surface area contributed by atoms with Crippen LogP contribution in [0, 0.1) is 5.92 Å². The van der Waals surface area contributed by atoms with Crippen molar-refractivity contribution in [2.45, 2.75) is 31.7 Å². The molecule has 138 valence electrons. The Morgan fingerprint density at radius 1 is 1.27 bits per heavy atom. The first-order valence-electron chi connectivity index (χ1n) is 9.45. The summed E-state index contributed by atoms with van der Waals surface area (Å²) in [5.74, 6) is 1.59. The maximum atomic E-state index is 12.6. The predicted octanol–water partition coefficient (Wildman–Crippen LogP) is 2.69. The van der Waals surface area contributed by atoms with Gasteiger partial charge in [-0.05, 0) is 49.8 Å².